The van der Waals surface area contributed by atoms with E-state index in [0.29, 0.717) is 32.1 Å². The molecule has 106 heavy (non-hydrogen) atoms. The van der Waals surface area contributed by atoms with Crippen LogP contribution < -0.4 is 0 Å². The summed E-state index contributed by atoms with van der Waals surface area (Å²) in [5, 5.41) is 10.7. The van der Waals surface area contributed by atoms with Gasteiger partial charge in [-0.1, -0.05) is 335 Å². The molecular weight excluding hydrogens is 1380 g/mol. The van der Waals surface area contributed by atoms with Gasteiger partial charge in [0.25, 0.3) is 0 Å². The fourth-order valence-corrected chi connectivity index (χ4v) is 12.5. The van der Waals surface area contributed by atoms with Gasteiger partial charge in [-0.05, 0) is 109 Å². The number of esters is 4. The quantitative estimate of drug-likeness (QED) is 0.0169. The first-order valence-electron chi connectivity index (χ1n) is 41.4. The van der Waals surface area contributed by atoms with E-state index in [-0.39, 0.29) is 25.7 Å². The molecule has 0 aliphatic carbocycles. The third kappa shape index (κ3) is 77.4. The van der Waals surface area contributed by atoms with Crippen LogP contribution in [0, 0.1) is 0 Å². The highest BCUT2D eigenvalue weighted by molar-refractivity contribution is 7.47. The van der Waals surface area contributed by atoms with Gasteiger partial charge in [0.15, 0.2) is 12.2 Å². The van der Waals surface area contributed by atoms with Gasteiger partial charge >= 0.3 is 39.5 Å². The average molecular weight is 1530 g/mol. The molecule has 0 saturated carbocycles. The lowest BCUT2D eigenvalue weighted by atomic mass is 10.0. The lowest BCUT2D eigenvalue weighted by molar-refractivity contribution is -0.161. The summed E-state index contributed by atoms with van der Waals surface area (Å²) in [5.74, 6) is -2.30. The number of aliphatic hydroxyl groups is 1. The highest BCUT2D eigenvalue weighted by atomic mass is 31.2. The first-order valence-corrected chi connectivity index (χ1v) is 44.4. The van der Waals surface area contributed by atoms with Gasteiger partial charge in [-0.15, -0.1) is 0 Å². The van der Waals surface area contributed by atoms with E-state index < -0.39 is 97.5 Å². The predicted octanol–water partition coefficient (Wildman–Crippen LogP) is 24.4. The number of hydrogen-bond donors (Lipinski definition) is 3. The number of hydrogen-bond acceptors (Lipinski definition) is 15. The Morgan fingerprint density at radius 3 is 0.811 bits per heavy atom. The van der Waals surface area contributed by atoms with Crippen molar-refractivity contribution < 1.29 is 80.2 Å². The Balaban J connectivity index is 5.45. The number of phosphoric acid groups is 2. The Kier molecular flexibility index (Phi) is 74.8. The fourth-order valence-electron chi connectivity index (χ4n) is 10.9. The molecule has 0 amide bonds. The molecule has 3 N–H and O–H groups in total. The molecule has 608 valence electrons. The monoisotopic (exact) mass is 1530 g/mol. The third-order valence-electron chi connectivity index (χ3n) is 17.2. The van der Waals surface area contributed by atoms with Crippen LogP contribution in [-0.4, -0.2) is 96.7 Å². The summed E-state index contributed by atoms with van der Waals surface area (Å²) < 4.78 is 68.6. The summed E-state index contributed by atoms with van der Waals surface area (Å²) in [4.78, 5) is 73.1. The lowest BCUT2D eigenvalue weighted by Crippen LogP contribution is -2.30. The summed E-state index contributed by atoms with van der Waals surface area (Å²) in [6.45, 7) is 4.57. The fraction of sp³-hybridized carbons (Fsp3) is 0.701. The largest absolute Gasteiger partial charge is 0.472 e. The van der Waals surface area contributed by atoms with Crippen molar-refractivity contribution in [2.45, 2.75) is 354 Å². The minimum Gasteiger partial charge on any atom is -0.462 e. The van der Waals surface area contributed by atoms with Gasteiger partial charge in [-0.2, -0.15) is 0 Å². The SMILES string of the molecule is CC/C=C\C/C=C\C/C=C\C/C=C\C/C=C\C/C=C\CCC(=O)OCC(COP(=O)(O)OCC(O)COP(=O)(O)OCC(COC(=O)CCCCCCCCCCCCCCCCC)OC(=O)CCCCCCCCCCCCCCC)OC(=O)CCCCC/C=C\C/C=C\C/C=C\C/C=C\C/C=C\CC. The molecule has 0 spiro atoms. The molecule has 0 aromatic heterocycles. The van der Waals surface area contributed by atoms with Crippen LogP contribution in [0.3, 0.4) is 0 Å². The van der Waals surface area contributed by atoms with Crippen molar-refractivity contribution in [3.63, 3.8) is 0 Å². The van der Waals surface area contributed by atoms with Gasteiger partial charge in [0.2, 0.25) is 0 Å². The Morgan fingerprint density at radius 1 is 0.274 bits per heavy atom. The maximum absolute atomic E-state index is 13.1. The normalized spacial score (nSPS) is 14.5. The Bertz CT molecular complexity index is 2530. The zero-order valence-electron chi connectivity index (χ0n) is 66.6. The highest BCUT2D eigenvalue weighted by Gasteiger charge is 2.30. The first kappa shape index (κ1) is 101. The molecule has 0 heterocycles. The van der Waals surface area contributed by atoms with Crippen LogP contribution in [-0.2, 0) is 65.4 Å². The van der Waals surface area contributed by atoms with Crippen LogP contribution in [0.1, 0.15) is 336 Å². The summed E-state index contributed by atoms with van der Waals surface area (Å²) in [6, 6.07) is 0. The van der Waals surface area contributed by atoms with Crippen LogP contribution in [0.5, 0.6) is 0 Å². The molecule has 5 unspecified atom stereocenters. The molecule has 0 fully saturated rings. The molecular formula is C87H148O17P2. The van der Waals surface area contributed by atoms with Crippen LogP contribution in [0.15, 0.2) is 134 Å². The van der Waals surface area contributed by atoms with Crippen LogP contribution >= 0.6 is 15.6 Å². The standard InChI is InChI=1S/C87H148O17P2/c1-5-9-13-17-21-25-29-33-36-38-40-42-45-49-52-56-60-64-68-72-85(90)98-78-83(104-87(92)74-70-66-62-58-54-50-46-43-41-39-37-34-30-26-22-18-14-10-6-2)80-102-106(95,96)100-76-81(88)75-99-105(93,94)101-79-82(103-86(91)73-69-65-61-57-53-47-32-28-24-20-16-12-8-4)77-97-84(89)71-67-63-59-55-51-48-44-35-31-27-23-19-15-11-7-3/h9-10,13-14,21-22,25-26,33-34,36-37,40-43,49-50,52,54,60,64,81-83,88H,5-8,11-12,15-20,23-24,27-32,35,38-39,44-48,51,53,55-59,61-63,65-80H2,1-4H3,(H,93,94)(H,95,96)/b13-9-,14-10-,25-21-,26-22-,36-33-,37-34-,42-40-,43-41-,52-49-,54-50-,64-60-. The Morgan fingerprint density at radius 2 is 0.509 bits per heavy atom. The number of allylic oxidation sites excluding steroid dienone is 22. The van der Waals surface area contributed by atoms with Crippen molar-refractivity contribution in [3.8, 4) is 0 Å². The van der Waals surface area contributed by atoms with Crippen molar-refractivity contribution in [1.82, 2.24) is 0 Å². The molecule has 0 aliphatic rings. The Labute approximate surface area is 644 Å². The number of ether oxygens (including phenoxy) is 4. The van der Waals surface area contributed by atoms with Gasteiger partial charge in [-0.3, -0.25) is 37.3 Å². The molecule has 0 aliphatic heterocycles. The molecule has 19 heteroatoms. The van der Waals surface area contributed by atoms with Crippen LogP contribution in [0.2, 0.25) is 0 Å². The molecule has 0 rings (SSSR count). The van der Waals surface area contributed by atoms with Crippen molar-refractivity contribution in [2.24, 2.45) is 0 Å². The van der Waals surface area contributed by atoms with Crippen LogP contribution in [0.25, 0.3) is 0 Å². The summed E-state index contributed by atoms with van der Waals surface area (Å²) >= 11 is 0. The van der Waals surface area contributed by atoms with Gasteiger partial charge in [-0.25, -0.2) is 9.13 Å². The second kappa shape index (κ2) is 78.3. The predicted molar refractivity (Wildman–Crippen MR) is 436 cm³/mol. The first-order chi connectivity index (χ1) is 51.7. The van der Waals surface area contributed by atoms with E-state index in [4.69, 9.17) is 37.0 Å². The van der Waals surface area contributed by atoms with E-state index >= 15 is 0 Å². The smallest absolute Gasteiger partial charge is 0.462 e. The zero-order valence-corrected chi connectivity index (χ0v) is 68.4. The van der Waals surface area contributed by atoms with Gasteiger partial charge in [0.1, 0.15) is 19.3 Å². The van der Waals surface area contributed by atoms with Crippen molar-refractivity contribution in [1.29, 1.82) is 0 Å². The number of rotatable bonds is 77. The van der Waals surface area contributed by atoms with Gasteiger partial charge in [0.05, 0.1) is 26.4 Å². The molecule has 0 aromatic rings. The molecule has 0 bridgehead atoms. The second-order valence-corrected chi connectivity index (χ2v) is 30.2. The van der Waals surface area contributed by atoms with E-state index in [2.05, 4.69) is 143 Å². The maximum Gasteiger partial charge on any atom is 0.472 e. The van der Waals surface area contributed by atoms with E-state index in [1.54, 1.807) is 0 Å². The molecule has 0 saturated heterocycles. The van der Waals surface area contributed by atoms with Crippen LogP contribution in [0.4, 0.5) is 0 Å². The summed E-state index contributed by atoms with van der Waals surface area (Å²) in [7, 11) is -9.99. The van der Waals surface area contributed by atoms with Gasteiger partial charge < -0.3 is 33.8 Å². The Hall–Kier alpha value is -4.80. The molecule has 0 radical (unpaired) electrons. The molecule has 0 aromatic carbocycles. The number of phosphoric ester groups is 2. The van der Waals surface area contributed by atoms with E-state index in [9.17, 15) is 43.2 Å². The van der Waals surface area contributed by atoms with Gasteiger partial charge in [0, 0.05) is 25.7 Å². The third-order valence-corrected chi connectivity index (χ3v) is 19.1. The number of unbranched alkanes of at least 4 members (excludes halogenated alkanes) is 29. The maximum atomic E-state index is 13.1. The number of carbonyl (C=O) groups is 4. The zero-order chi connectivity index (χ0) is 77.4. The van der Waals surface area contributed by atoms with E-state index in [0.717, 1.165) is 128 Å². The number of aliphatic hydroxyl groups excluding tert-OH is 1. The number of carbonyl (C=O) groups excluding carboxylic acids is 4. The van der Waals surface area contributed by atoms with Crippen molar-refractivity contribution >= 4 is 39.5 Å². The molecule has 5 atom stereocenters. The van der Waals surface area contributed by atoms with Crippen molar-refractivity contribution in [3.05, 3.63) is 134 Å². The average Bonchev–Trinajstić information content (AvgIpc) is 0.903. The van der Waals surface area contributed by atoms with E-state index in [1.165, 1.54) is 122 Å². The second-order valence-electron chi connectivity index (χ2n) is 27.3. The minimum absolute atomic E-state index is 0.0254. The summed E-state index contributed by atoms with van der Waals surface area (Å²) in [5.41, 5.74) is 0. The topological polar surface area (TPSA) is 237 Å². The van der Waals surface area contributed by atoms with Crippen molar-refractivity contribution in [2.75, 3.05) is 39.6 Å². The lowest BCUT2D eigenvalue weighted by Gasteiger charge is -2.21. The minimum atomic E-state index is -5.01. The summed E-state index contributed by atoms with van der Waals surface area (Å²) in [6.07, 6.45) is 88.7. The molecule has 17 nitrogen and oxygen atoms in total. The van der Waals surface area contributed by atoms with E-state index in [1.807, 2.05) is 18.2 Å². The highest BCUT2D eigenvalue weighted by Crippen LogP contribution is 2.45.